The van der Waals surface area contributed by atoms with Crippen molar-refractivity contribution in [2.75, 3.05) is 6.54 Å². The fourth-order valence-corrected chi connectivity index (χ4v) is 7.50. The van der Waals surface area contributed by atoms with Gasteiger partial charge in [-0.1, -0.05) is 13.8 Å². The molecule has 1 amide bonds. The molecule has 0 heterocycles. The van der Waals surface area contributed by atoms with Gasteiger partial charge in [0, 0.05) is 36.6 Å². The molecule has 0 radical (unpaired) electrons. The van der Waals surface area contributed by atoms with Crippen LogP contribution in [0.2, 0.25) is 0 Å². The van der Waals surface area contributed by atoms with Gasteiger partial charge in [0.2, 0.25) is 5.91 Å². The molecular weight excluding hydrogens is 388 g/mol. The highest BCUT2D eigenvalue weighted by atomic mass is 35.5. The van der Waals surface area contributed by atoms with E-state index in [0.717, 1.165) is 38.5 Å². The predicted octanol–water partition coefficient (Wildman–Crippen LogP) is 3.42. The molecule has 0 spiro atoms. The number of rotatable bonds is 4. The normalized spacial score (nSPS) is 43.6. The highest BCUT2D eigenvalue weighted by Crippen LogP contribution is 2.64. The van der Waals surface area contributed by atoms with Crippen LogP contribution in [0.4, 0.5) is 0 Å². The van der Waals surface area contributed by atoms with Gasteiger partial charge in [-0.2, -0.15) is 0 Å². The van der Waals surface area contributed by atoms with E-state index in [4.69, 9.17) is 5.73 Å². The number of hydrogen-bond acceptors (Lipinski definition) is 4. The molecule has 29 heavy (non-hydrogen) atoms. The molecule has 6 heteroatoms. The molecule has 4 rings (SSSR count). The van der Waals surface area contributed by atoms with Gasteiger partial charge in [0.15, 0.2) is 0 Å². The number of carbonyl (C=O) groups excluding carboxylic acids is 3. The monoisotopic (exact) mass is 424 g/mol. The Hall–Kier alpha value is -0.940. The van der Waals surface area contributed by atoms with E-state index in [2.05, 4.69) is 19.2 Å². The Morgan fingerprint density at radius 1 is 1.14 bits per heavy atom. The average molecular weight is 425 g/mol. The summed E-state index contributed by atoms with van der Waals surface area (Å²) in [7, 11) is 0. The lowest BCUT2D eigenvalue weighted by Crippen LogP contribution is -2.58. The van der Waals surface area contributed by atoms with Gasteiger partial charge in [-0.15, -0.1) is 12.4 Å². The van der Waals surface area contributed by atoms with Crippen LogP contribution in [0.15, 0.2) is 0 Å². The summed E-state index contributed by atoms with van der Waals surface area (Å²) < 4.78 is 0. The maximum atomic E-state index is 13.3. The fourth-order valence-electron chi connectivity index (χ4n) is 7.50. The SMILES string of the molecule is C[C@]12CC[C@H](NC(=O)CCCN)CC1C(=O)C[C@@H]1[C@@H]2CC[C@]2(C)C(=O)CC[C@@H]12.Cl. The maximum absolute atomic E-state index is 13.3. The van der Waals surface area contributed by atoms with E-state index in [1.54, 1.807) is 0 Å². The summed E-state index contributed by atoms with van der Waals surface area (Å²) in [5.74, 6) is 2.27. The van der Waals surface area contributed by atoms with Crippen molar-refractivity contribution in [2.45, 2.75) is 84.1 Å². The number of amides is 1. The first-order valence-electron chi connectivity index (χ1n) is 11.3. The van der Waals surface area contributed by atoms with Crippen LogP contribution in [0.1, 0.15) is 78.1 Å². The number of nitrogens with one attached hydrogen (secondary N) is 1. The van der Waals surface area contributed by atoms with Crippen LogP contribution in [-0.2, 0) is 14.4 Å². The molecule has 0 bridgehead atoms. The van der Waals surface area contributed by atoms with Crippen molar-refractivity contribution >= 4 is 29.9 Å². The number of halogens is 1. The first-order valence-corrected chi connectivity index (χ1v) is 11.3. The van der Waals surface area contributed by atoms with Gasteiger partial charge < -0.3 is 11.1 Å². The maximum Gasteiger partial charge on any atom is 0.220 e. The standard InChI is InChI=1S/C23H36N2O3.ClH/c1-22-9-7-14(25-21(28)4-3-11-24)12-18(22)19(26)13-15-16-5-6-20(27)23(16,2)10-8-17(15)22;/h14-18H,3-13,24H2,1-2H3,(H,25,28);1H/t14-,15-,16-,17-,18?,22+,23-;/m0./s1. The average Bonchev–Trinajstić information content (AvgIpc) is 2.96. The first-order chi connectivity index (χ1) is 13.3. The summed E-state index contributed by atoms with van der Waals surface area (Å²) in [5.41, 5.74) is 5.36. The van der Waals surface area contributed by atoms with Crippen molar-refractivity contribution in [2.24, 2.45) is 40.2 Å². The quantitative estimate of drug-likeness (QED) is 0.723. The minimum atomic E-state index is -0.182. The molecule has 0 aromatic carbocycles. The van der Waals surface area contributed by atoms with E-state index in [-0.39, 0.29) is 41.1 Å². The predicted molar refractivity (Wildman–Crippen MR) is 115 cm³/mol. The summed E-state index contributed by atoms with van der Waals surface area (Å²) in [6.07, 6.45) is 8.33. The van der Waals surface area contributed by atoms with E-state index in [9.17, 15) is 14.4 Å². The molecule has 4 saturated carbocycles. The molecule has 5 nitrogen and oxygen atoms in total. The van der Waals surface area contributed by atoms with Gasteiger partial charge in [0.05, 0.1) is 0 Å². The van der Waals surface area contributed by atoms with Crippen LogP contribution < -0.4 is 11.1 Å². The third kappa shape index (κ3) is 3.67. The smallest absolute Gasteiger partial charge is 0.220 e. The van der Waals surface area contributed by atoms with Crippen molar-refractivity contribution in [3.05, 3.63) is 0 Å². The largest absolute Gasteiger partial charge is 0.353 e. The van der Waals surface area contributed by atoms with E-state index in [1.807, 2.05) is 0 Å². The van der Waals surface area contributed by atoms with Crippen LogP contribution >= 0.6 is 12.4 Å². The third-order valence-corrected chi connectivity index (χ3v) is 9.14. The molecular formula is C23H37ClN2O3. The summed E-state index contributed by atoms with van der Waals surface area (Å²) in [6.45, 7) is 5.02. The van der Waals surface area contributed by atoms with Crippen LogP contribution in [0.5, 0.6) is 0 Å². The molecule has 4 fully saturated rings. The Balaban J connectivity index is 0.00000240. The summed E-state index contributed by atoms with van der Waals surface area (Å²) in [5, 5.41) is 3.15. The van der Waals surface area contributed by atoms with Crippen molar-refractivity contribution in [3.63, 3.8) is 0 Å². The second kappa shape index (κ2) is 8.30. The number of fused-ring (bicyclic) bond motifs is 5. The van der Waals surface area contributed by atoms with Gasteiger partial charge in [0.1, 0.15) is 11.6 Å². The second-order valence-corrected chi connectivity index (χ2v) is 10.5. The topological polar surface area (TPSA) is 89.3 Å². The summed E-state index contributed by atoms with van der Waals surface area (Å²) in [4.78, 5) is 37.9. The lowest BCUT2D eigenvalue weighted by Gasteiger charge is -2.59. The van der Waals surface area contributed by atoms with Gasteiger partial charge in [0.25, 0.3) is 0 Å². The number of hydrogen-bond donors (Lipinski definition) is 2. The molecule has 0 aliphatic heterocycles. The molecule has 3 N–H and O–H groups in total. The minimum Gasteiger partial charge on any atom is -0.353 e. The molecule has 164 valence electrons. The molecule has 4 aliphatic carbocycles. The van der Waals surface area contributed by atoms with E-state index in [0.29, 0.717) is 61.5 Å². The first kappa shape index (κ1) is 22.7. The molecule has 0 aromatic heterocycles. The zero-order valence-corrected chi connectivity index (χ0v) is 18.7. The highest BCUT2D eigenvalue weighted by molar-refractivity contribution is 5.88. The Kier molecular flexibility index (Phi) is 6.51. The molecule has 7 atom stereocenters. The molecule has 0 saturated heterocycles. The van der Waals surface area contributed by atoms with E-state index >= 15 is 0 Å². The lowest BCUT2D eigenvalue weighted by atomic mass is 9.45. The Morgan fingerprint density at radius 2 is 1.90 bits per heavy atom. The zero-order valence-electron chi connectivity index (χ0n) is 17.9. The second-order valence-electron chi connectivity index (χ2n) is 10.5. The summed E-state index contributed by atoms with van der Waals surface area (Å²) >= 11 is 0. The molecule has 1 unspecified atom stereocenters. The van der Waals surface area contributed by atoms with Crippen molar-refractivity contribution in [1.29, 1.82) is 0 Å². The zero-order chi connectivity index (χ0) is 20.1. The van der Waals surface area contributed by atoms with Gasteiger partial charge in [-0.3, -0.25) is 14.4 Å². The van der Waals surface area contributed by atoms with Gasteiger partial charge >= 0.3 is 0 Å². The molecule has 4 aliphatic rings. The van der Waals surface area contributed by atoms with Crippen molar-refractivity contribution in [1.82, 2.24) is 5.32 Å². The van der Waals surface area contributed by atoms with Crippen LogP contribution in [0, 0.1) is 34.5 Å². The van der Waals surface area contributed by atoms with Crippen molar-refractivity contribution < 1.29 is 14.4 Å². The number of carbonyl (C=O) groups is 3. The lowest BCUT2D eigenvalue weighted by molar-refractivity contribution is -0.157. The van der Waals surface area contributed by atoms with Crippen molar-refractivity contribution in [3.8, 4) is 0 Å². The van der Waals surface area contributed by atoms with Gasteiger partial charge in [-0.25, -0.2) is 0 Å². The van der Waals surface area contributed by atoms with Crippen LogP contribution in [-0.4, -0.2) is 30.1 Å². The van der Waals surface area contributed by atoms with Crippen LogP contribution in [0.3, 0.4) is 0 Å². The Morgan fingerprint density at radius 3 is 2.62 bits per heavy atom. The fraction of sp³-hybridized carbons (Fsp3) is 0.870. The Labute approximate surface area is 180 Å². The minimum absolute atomic E-state index is 0. The van der Waals surface area contributed by atoms with E-state index in [1.165, 1.54) is 0 Å². The third-order valence-electron chi connectivity index (χ3n) is 9.14. The number of Topliss-reactive ketones (excluding diaryl/α,β-unsaturated/α-hetero) is 2. The highest BCUT2D eigenvalue weighted by Gasteiger charge is 2.62. The van der Waals surface area contributed by atoms with Crippen LogP contribution in [0.25, 0.3) is 0 Å². The van der Waals surface area contributed by atoms with E-state index < -0.39 is 0 Å². The van der Waals surface area contributed by atoms with Gasteiger partial charge in [-0.05, 0) is 74.7 Å². The summed E-state index contributed by atoms with van der Waals surface area (Å²) in [6, 6.07) is 0.116. The number of nitrogens with two attached hydrogens (primary N) is 1. The molecule has 0 aromatic rings. The number of ketones is 2. The Bertz CT molecular complexity index is 683.